The number of nitrogens with zero attached hydrogens (tertiary/aromatic N) is 2. The van der Waals surface area contributed by atoms with Crippen LogP contribution in [0.5, 0.6) is 5.75 Å². The van der Waals surface area contributed by atoms with E-state index < -0.39 is 0 Å². The molecule has 1 aromatic carbocycles. The fraction of sp³-hybridized carbons (Fsp3) is 0.556. The Morgan fingerprint density at radius 1 is 1.36 bits per heavy atom. The number of carbonyl (C=O) groups is 2. The topological polar surface area (TPSA) is 61.9 Å². The van der Waals surface area contributed by atoms with Crippen LogP contribution in [0.4, 0.5) is 5.69 Å². The number of hydrogen-bond acceptors (Lipinski definition) is 4. The van der Waals surface area contributed by atoms with Gasteiger partial charge in [-0.3, -0.25) is 14.5 Å². The van der Waals surface area contributed by atoms with Crippen molar-refractivity contribution in [1.29, 1.82) is 0 Å². The zero-order valence-corrected chi connectivity index (χ0v) is 15.8. The molecule has 0 aliphatic carbocycles. The summed E-state index contributed by atoms with van der Waals surface area (Å²) in [6, 6.07) is 5.31. The lowest BCUT2D eigenvalue weighted by molar-refractivity contribution is -0.135. The Labute approximate surface area is 154 Å². The predicted octanol–water partition coefficient (Wildman–Crippen LogP) is 2.62. The van der Waals surface area contributed by atoms with Crippen LogP contribution in [0.15, 0.2) is 18.2 Å². The molecule has 7 heteroatoms. The molecule has 0 saturated carbocycles. The average Bonchev–Trinajstić information content (AvgIpc) is 2.55. The lowest BCUT2D eigenvalue weighted by atomic mass is 10.0. The van der Waals surface area contributed by atoms with E-state index in [1.54, 1.807) is 30.1 Å². The summed E-state index contributed by atoms with van der Waals surface area (Å²) in [4.78, 5) is 28.3. The zero-order chi connectivity index (χ0) is 18.4. The quantitative estimate of drug-likeness (QED) is 0.839. The Morgan fingerprint density at radius 3 is 2.80 bits per heavy atom. The minimum absolute atomic E-state index is 0.0721. The summed E-state index contributed by atoms with van der Waals surface area (Å²) in [5, 5.41) is 3.29. The number of carbonyl (C=O) groups excluding carboxylic acids is 2. The van der Waals surface area contributed by atoms with E-state index >= 15 is 0 Å². The molecule has 1 atom stereocenters. The van der Waals surface area contributed by atoms with Gasteiger partial charge in [-0.1, -0.05) is 11.6 Å². The summed E-state index contributed by atoms with van der Waals surface area (Å²) in [5.74, 6) is 0.393. The number of methoxy groups -OCH3 is 1. The Bertz CT molecular complexity index is 624. The van der Waals surface area contributed by atoms with E-state index in [9.17, 15) is 9.59 Å². The molecule has 1 aromatic rings. The number of likely N-dealkylation sites (tertiary alicyclic amines) is 1. The molecule has 0 radical (unpaired) electrons. The highest BCUT2D eigenvalue weighted by atomic mass is 35.5. The first-order valence-electron chi connectivity index (χ1n) is 8.52. The minimum atomic E-state index is -0.220. The first-order chi connectivity index (χ1) is 11.9. The van der Waals surface area contributed by atoms with E-state index in [0.29, 0.717) is 16.5 Å². The van der Waals surface area contributed by atoms with E-state index in [4.69, 9.17) is 16.3 Å². The molecule has 6 nitrogen and oxygen atoms in total. The third-order valence-electron chi connectivity index (χ3n) is 4.38. The van der Waals surface area contributed by atoms with Gasteiger partial charge in [-0.15, -0.1) is 0 Å². The molecule has 1 unspecified atom stereocenters. The van der Waals surface area contributed by atoms with Crippen LogP contribution < -0.4 is 10.1 Å². The molecule has 138 valence electrons. The zero-order valence-electron chi connectivity index (χ0n) is 15.0. The van der Waals surface area contributed by atoms with Gasteiger partial charge in [0.15, 0.2) is 0 Å². The number of halogens is 1. The number of likely N-dealkylation sites (N-methyl/N-ethyl adjacent to an activating group) is 1. The third-order valence-corrected chi connectivity index (χ3v) is 4.61. The second-order valence-electron chi connectivity index (χ2n) is 6.50. The highest BCUT2D eigenvalue weighted by molar-refractivity contribution is 6.31. The lowest BCUT2D eigenvalue weighted by Crippen LogP contribution is -2.47. The van der Waals surface area contributed by atoms with Crippen molar-refractivity contribution in [3.05, 3.63) is 23.2 Å². The molecule has 1 N–H and O–H groups in total. The third kappa shape index (κ3) is 5.61. The van der Waals surface area contributed by atoms with Gasteiger partial charge in [-0.2, -0.15) is 0 Å². The highest BCUT2D eigenvalue weighted by Crippen LogP contribution is 2.27. The van der Waals surface area contributed by atoms with E-state index in [1.165, 1.54) is 13.5 Å². The molecule has 1 aliphatic rings. The summed E-state index contributed by atoms with van der Waals surface area (Å²) in [6.07, 6.45) is 3.27. The summed E-state index contributed by atoms with van der Waals surface area (Å²) in [6.45, 7) is 3.23. The van der Waals surface area contributed by atoms with Crippen molar-refractivity contribution in [2.24, 2.45) is 0 Å². The summed E-state index contributed by atoms with van der Waals surface area (Å²) < 4.78 is 5.21. The predicted molar refractivity (Wildman–Crippen MR) is 99.2 cm³/mol. The van der Waals surface area contributed by atoms with Gasteiger partial charge in [0.2, 0.25) is 11.8 Å². The van der Waals surface area contributed by atoms with Crippen molar-refractivity contribution in [3.63, 3.8) is 0 Å². The van der Waals surface area contributed by atoms with Crippen LogP contribution in [0, 0.1) is 0 Å². The van der Waals surface area contributed by atoms with Crippen molar-refractivity contribution in [3.8, 4) is 5.75 Å². The smallest absolute Gasteiger partial charge is 0.238 e. The van der Waals surface area contributed by atoms with Crippen LogP contribution in [-0.4, -0.2) is 61.4 Å². The Morgan fingerprint density at radius 2 is 2.12 bits per heavy atom. The molecular formula is C18H26ClN3O3. The Balaban J connectivity index is 1.87. The Kier molecular flexibility index (Phi) is 7.08. The van der Waals surface area contributed by atoms with Crippen LogP contribution in [0.2, 0.25) is 5.02 Å². The van der Waals surface area contributed by atoms with Gasteiger partial charge >= 0.3 is 0 Å². The maximum atomic E-state index is 12.4. The molecule has 1 fully saturated rings. The van der Waals surface area contributed by atoms with Gasteiger partial charge < -0.3 is 15.0 Å². The first-order valence-corrected chi connectivity index (χ1v) is 8.90. The number of ether oxygens (including phenoxy) is 1. The van der Waals surface area contributed by atoms with Gasteiger partial charge in [-0.25, -0.2) is 0 Å². The minimum Gasteiger partial charge on any atom is -0.495 e. The van der Waals surface area contributed by atoms with Gasteiger partial charge in [0.05, 0.1) is 25.9 Å². The summed E-state index contributed by atoms with van der Waals surface area (Å²) >= 11 is 5.96. The molecule has 1 heterocycles. The molecule has 25 heavy (non-hydrogen) atoms. The maximum absolute atomic E-state index is 12.4. The second-order valence-corrected chi connectivity index (χ2v) is 6.93. The fourth-order valence-corrected chi connectivity index (χ4v) is 3.23. The second kappa shape index (κ2) is 9.06. The number of benzene rings is 1. The van der Waals surface area contributed by atoms with Crippen molar-refractivity contribution in [2.45, 2.75) is 32.2 Å². The van der Waals surface area contributed by atoms with Gasteiger partial charge in [0.25, 0.3) is 0 Å². The normalized spacial score (nSPS) is 17.5. The number of nitrogens with one attached hydrogen (secondary N) is 1. The molecule has 1 aliphatic heterocycles. The van der Waals surface area contributed by atoms with Crippen molar-refractivity contribution in [1.82, 2.24) is 9.80 Å². The summed E-state index contributed by atoms with van der Waals surface area (Å²) in [5.41, 5.74) is 0.518. The van der Waals surface area contributed by atoms with Crippen molar-refractivity contribution >= 4 is 29.1 Å². The van der Waals surface area contributed by atoms with Crippen LogP contribution in [0.25, 0.3) is 0 Å². The van der Waals surface area contributed by atoms with E-state index in [2.05, 4.69) is 12.2 Å². The lowest BCUT2D eigenvalue weighted by Gasteiger charge is -2.34. The molecule has 0 bridgehead atoms. The van der Waals surface area contributed by atoms with Gasteiger partial charge in [0, 0.05) is 17.6 Å². The largest absolute Gasteiger partial charge is 0.495 e. The number of hydrogen-bond donors (Lipinski definition) is 1. The van der Waals surface area contributed by atoms with Gasteiger partial charge in [-0.05, 0) is 51.4 Å². The fourth-order valence-electron chi connectivity index (χ4n) is 3.06. The number of anilines is 1. The van der Waals surface area contributed by atoms with E-state index in [0.717, 1.165) is 19.4 Å². The number of rotatable bonds is 6. The Hall–Kier alpha value is -1.79. The molecule has 1 saturated heterocycles. The SMILES string of the molecule is COc1ccc(Cl)cc1NC(=O)CN(C)CC(=O)N1CCCCC1C. The van der Waals surface area contributed by atoms with Crippen LogP contribution in [0.1, 0.15) is 26.2 Å². The summed E-state index contributed by atoms with van der Waals surface area (Å²) in [7, 11) is 3.30. The van der Waals surface area contributed by atoms with Crippen LogP contribution >= 0.6 is 11.6 Å². The molecule has 2 rings (SSSR count). The number of piperidine rings is 1. The monoisotopic (exact) mass is 367 g/mol. The standard InChI is InChI=1S/C18H26ClN3O3/c1-13-6-4-5-9-22(13)18(24)12-21(2)11-17(23)20-15-10-14(19)7-8-16(15)25-3/h7-8,10,13H,4-6,9,11-12H2,1-3H3,(H,20,23). The van der Waals surface area contributed by atoms with Crippen molar-refractivity contribution in [2.75, 3.05) is 39.1 Å². The highest BCUT2D eigenvalue weighted by Gasteiger charge is 2.24. The molecule has 0 spiro atoms. The van der Waals surface area contributed by atoms with Crippen LogP contribution in [0.3, 0.4) is 0 Å². The van der Waals surface area contributed by atoms with Crippen LogP contribution in [-0.2, 0) is 9.59 Å². The van der Waals surface area contributed by atoms with Gasteiger partial charge in [0.1, 0.15) is 5.75 Å². The maximum Gasteiger partial charge on any atom is 0.238 e. The molecule has 2 amide bonds. The van der Waals surface area contributed by atoms with E-state index in [1.807, 2.05) is 4.90 Å². The average molecular weight is 368 g/mol. The first kappa shape index (κ1) is 19.5. The van der Waals surface area contributed by atoms with E-state index in [-0.39, 0.29) is 30.9 Å². The van der Waals surface area contributed by atoms with Crippen molar-refractivity contribution < 1.29 is 14.3 Å². The molecular weight excluding hydrogens is 342 g/mol. The molecule has 0 aromatic heterocycles. The number of amides is 2.